The summed E-state index contributed by atoms with van der Waals surface area (Å²) in [6, 6.07) is 10.4. The minimum Gasteiger partial charge on any atom is -0.495 e. The summed E-state index contributed by atoms with van der Waals surface area (Å²) < 4.78 is 7.56. The molecule has 0 radical (unpaired) electrons. The molecule has 3 heterocycles. The maximum absolute atomic E-state index is 13.5. The van der Waals surface area contributed by atoms with Gasteiger partial charge in [-0.1, -0.05) is 25.0 Å². The molecule has 0 spiro atoms. The Hall–Kier alpha value is -3.09. The van der Waals surface area contributed by atoms with E-state index in [1.54, 1.807) is 7.11 Å². The molecular formula is C24H29N5O2. The molecule has 5 rings (SSSR count). The number of methoxy groups -OCH3 is 1. The number of piperazine rings is 1. The van der Waals surface area contributed by atoms with E-state index < -0.39 is 0 Å². The van der Waals surface area contributed by atoms with Crippen LogP contribution in [0.3, 0.4) is 0 Å². The highest BCUT2D eigenvalue weighted by molar-refractivity contribution is 6.05. The van der Waals surface area contributed by atoms with Crippen molar-refractivity contribution in [2.24, 2.45) is 0 Å². The van der Waals surface area contributed by atoms with Crippen LogP contribution in [-0.2, 0) is 0 Å². The third-order valence-corrected chi connectivity index (χ3v) is 6.59. The second kappa shape index (κ2) is 8.21. The molecule has 1 saturated carbocycles. The fraction of sp³-hybridized carbons (Fsp3) is 0.458. The van der Waals surface area contributed by atoms with Gasteiger partial charge in [0.1, 0.15) is 5.75 Å². The van der Waals surface area contributed by atoms with E-state index in [1.807, 2.05) is 47.0 Å². The van der Waals surface area contributed by atoms with Gasteiger partial charge in [-0.05, 0) is 38.0 Å². The fourth-order valence-electron chi connectivity index (χ4n) is 4.95. The third-order valence-electron chi connectivity index (χ3n) is 6.59. The van der Waals surface area contributed by atoms with Crippen molar-refractivity contribution in [2.45, 2.75) is 38.6 Å². The van der Waals surface area contributed by atoms with Gasteiger partial charge in [0.25, 0.3) is 5.91 Å². The Bertz CT molecular complexity index is 1090. The molecule has 1 saturated heterocycles. The van der Waals surface area contributed by atoms with Gasteiger partial charge in [0.05, 0.1) is 36.0 Å². The third kappa shape index (κ3) is 3.62. The summed E-state index contributed by atoms with van der Waals surface area (Å²) in [4.78, 5) is 22.5. The molecule has 3 aromatic rings. The number of pyridine rings is 1. The fourth-order valence-corrected chi connectivity index (χ4v) is 4.95. The predicted octanol–water partition coefficient (Wildman–Crippen LogP) is 3.83. The van der Waals surface area contributed by atoms with Gasteiger partial charge in [0, 0.05) is 31.9 Å². The lowest BCUT2D eigenvalue weighted by Crippen LogP contribution is -2.49. The Morgan fingerprint density at radius 2 is 1.84 bits per heavy atom. The van der Waals surface area contributed by atoms with Crippen LogP contribution in [0.4, 0.5) is 5.69 Å². The van der Waals surface area contributed by atoms with Crippen LogP contribution < -0.4 is 9.64 Å². The molecule has 0 N–H and O–H groups in total. The number of aromatic nitrogens is 3. The maximum Gasteiger partial charge on any atom is 0.254 e. The molecular weight excluding hydrogens is 390 g/mol. The SMILES string of the molecule is COc1ccccc1N1CCN(C(=O)c2cc(C)nc3c2cnn3C2CCCC2)CC1. The van der Waals surface area contributed by atoms with Crippen molar-refractivity contribution in [3.63, 3.8) is 0 Å². The zero-order valence-electron chi connectivity index (χ0n) is 18.3. The largest absolute Gasteiger partial charge is 0.495 e. The topological polar surface area (TPSA) is 63.5 Å². The van der Waals surface area contributed by atoms with Crippen LogP contribution in [0.25, 0.3) is 11.0 Å². The number of hydrogen-bond donors (Lipinski definition) is 0. The quantitative estimate of drug-likeness (QED) is 0.643. The van der Waals surface area contributed by atoms with E-state index in [1.165, 1.54) is 12.8 Å². The molecule has 31 heavy (non-hydrogen) atoms. The Morgan fingerprint density at radius 1 is 1.10 bits per heavy atom. The zero-order valence-corrected chi connectivity index (χ0v) is 18.3. The van der Waals surface area contributed by atoms with Gasteiger partial charge in [0.2, 0.25) is 0 Å². The molecule has 2 aromatic heterocycles. The Balaban J connectivity index is 1.37. The van der Waals surface area contributed by atoms with E-state index in [0.29, 0.717) is 19.1 Å². The normalized spacial score (nSPS) is 17.5. The average Bonchev–Trinajstić information content (AvgIpc) is 3.48. The Morgan fingerprint density at radius 3 is 2.58 bits per heavy atom. The number of carbonyl (C=O) groups is 1. The number of benzene rings is 1. The molecule has 0 atom stereocenters. The van der Waals surface area contributed by atoms with E-state index in [-0.39, 0.29) is 5.91 Å². The number of anilines is 1. The molecule has 2 aliphatic rings. The number of ether oxygens (including phenoxy) is 1. The second-order valence-corrected chi connectivity index (χ2v) is 8.53. The van der Waals surface area contributed by atoms with Gasteiger partial charge in [-0.15, -0.1) is 0 Å². The monoisotopic (exact) mass is 419 g/mol. The van der Waals surface area contributed by atoms with E-state index in [2.05, 4.69) is 16.1 Å². The van der Waals surface area contributed by atoms with Crippen LogP contribution >= 0.6 is 0 Å². The number of fused-ring (bicyclic) bond motifs is 1. The van der Waals surface area contributed by atoms with Crippen molar-refractivity contribution in [1.29, 1.82) is 0 Å². The number of para-hydroxylation sites is 2. The van der Waals surface area contributed by atoms with Crippen molar-refractivity contribution < 1.29 is 9.53 Å². The summed E-state index contributed by atoms with van der Waals surface area (Å²) in [6.07, 6.45) is 6.58. The molecule has 0 bridgehead atoms. The molecule has 1 aromatic carbocycles. The number of hydrogen-bond acceptors (Lipinski definition) is 5. The average molecular weight is 420 g/mol. The first-order valence-electron chi connectivity index (χ1n) is 11.2. The zero-order chi connectivity index (χ0) is 21.4. The van der Waals surface area contributed by atoms with E-state index >= 15 is 0 Å². The van der Waals surface area contributed by atoms with E-state index in [4.69, 9.17) is 9.72 Å². The molecule has 0 unspecified atom stereocenters. The van der Waals surface area contributed by atoms with E-state index in [0.717, 1.165) is 59.7 Å². The van der Waals surface area contributed by atoms with Crippen LogP contribution in [0.1, 0.15) is 47.8 Å². The first-order chi connectivity index (χ1) is 15.2. The van der Waals surface area contributed by atoms with E-state index in [9.17, 15) is 4.79 Å². The smallest absolute Gasteiger partial charge is 0.254 e. The van der Waals surface area contributed by atoms with Crippen molar-refractivity contribution in [3.8, 4) is 5.75 Å². The van der Waals surface area contributed by atoms with Crippen LogP contribution in [0.2, 0.25) is 0 Å². The highest BCUT2D eigenvalue weighted by Crippen LogP contribution is 2.33. The molecule has 162 valence electrons. The molecule has 7 nitrogen and oxygen atoms in total. The van der Waals surface area contributed by atoms with Crippen LogP contribution in [0, 0.1) is 6.92 Å². The Labute approximate surface area is 182 Å². The Kier molecular flexibility index (Phi) is 5.26. The molecule has 1 aliphatic carbocycles. The lowest BCUT2D eigenvalue weighted by Gasteiger charge is -2.36. The summed E-state index contributed by atoms with van der Waals surface area (Å²) in [5, 5.41) is 5.51. The number of amides is 1. The van der Waals surface area contributed by atoms with Gasteiger partial charge < -0.3 is 14.5 Å². The lowest BCUT2D eigenvalue weighted by atomic mass is 10.1. The van der Waals surface area contributed by atoms with Gasteiger partial charge >= 0.3 is 0 Å². The first kappa shape index (κ1) is 19.8. The van der Waals surface area contributed by atoms with Gasteiger partial charge in [-0.2, -0.15) is 5.10 Å². The van der Waals surface area contributed by atoms with Crippen molar-refractivity contribution in [3.05, 3.63) is 47.8 Å². The first-order valence-corrected chi connectivity index (χ1v) is 11.2. The second-order valence-electron chi connectivity index (χ2n) is 8.53. The summed E-state index contributed by atoms with van der Waals surface area (Å²) in [5.41, 5.74) is 3.51. The highest BCUT2D eigenvalue weighted by Gasteiger charge is 2.27. The van der Waals surface area contributed by atoms with Gasteiger partial charge in [-0.25, -0.2) is 9.67 Å². The predicted molar refractivity (Wildman–Crippen MR) is 121 cm³/mol. The van der Waals surface area contributed by atoms with Crippen LogP contribution in [-0.4, -0.2) is 58.9 Å². The van der Waals surface area contributed by atoms with Crippen molar-refractivity contribution in [1.82, 2.24) is 19.7 Å². The number of carbonyl (C=O) groups excluding carboxylic acids is 1. The lowest BCUT2D eigenvalue weighted by molar-refractivity contribution is 0.0748. The number of rotatable bonds is 4. The molecule has 1 aliphatic heterocycles. The summed E-state index contributed by atoms with van der Waals surface area (Å²) >= 11 is 0. The maximum atomic E-state index is 13.5. The highest BCUT2D eigenvalue weighted by atomic mass is 16.5. The summed E-state index contributed by atoms with van der Waals surface area (Å²) in [6.45, 7) is 4.87. The van der Waals surface area contributed by atoms with Crippen molar-refractivity contribution >= 4 is 22.6 Å². The van der Waals surface area contributed by atoms with Crippen LogP contribution in [0.15, 0.2) is 36.5 Å². The molecule has 1 amide bonds. The number of nitrogens with zero attached hydrogens (tertiary/aromatic N) is 5. The van der Waals surface area contributed by atoms with Gasteiger partial charge in [-0.3, -0.25) is 4.79 Å². The van der Waals surface area contributed by atoms with Crippen LogP contribution in [0.5, 0.6) is 5.75 Å². The molecule has 7 heteroatoms. The minimum absolute atomic E-state index is 0.0705. The van der Waals surface area contributed by atoms with Crippen molar-refractivity contribution in [2.75, 3.05) is 38.2 Å². The summed E-state index contributed by atoms with van der Waals surface area (Å²) in [5.74, 6) is 0.939. The summed E-state index contributed by atoms with van der Waals surface area (Å²) in [7, 11) is 1.70. The molecule has 2 fully saturated rings. The van der Waals surface area contributed by atoms with Gasteiger partial charge in [0.15, 0.2) is 5.65 Å². The minimum atomic E-state index is 0.0705. The standard InChI is InChI=1S/C24H29N5O2/c1-17-15-19(20-16-25-29(23(20)26-17)18-7-3-4-8-18)24(30)28-13-11-27(12-14-28)21-9-5-6-10-22(21)31-2/h5-6,9-10,15-16,18H,3-4,7-8,11-14H2,1-2H3. The number of aryl methyl sites for hydroxylation is 1.